The fraction of sp³-hybridized carbons (Fsp3) is 0.263. The van der Waals surface area contributed by atoms with E-state index in [4.69, 9.17) is 13.7 Å². The number of ether oxygens (including phenoxy) is 1. The fourth-order valence-corrected chi connectivity index (χ4v) is 2.39. The van der Waals surface area contributed by atoms with Crippen molar-refractivity contribution in [3.05, 3.63) is 65.8 Å². The Labute approximate surface area is 151 Å². The lowest BCUT2D eigenvalue weighted by molar-refractivity contribution is -0.116. The smallest absolute Gasteiger partial charge is 0.247 e. The summed E-state index contributed by atoms with van der Waals surface area (Å²) in [5.74, 6) is 1.63. The Hall–Kier alpha value is -3.06. The predicted octanol–water partition coefficient (Wildman–Crippen LogP) is 3.73. The van der Waals surface area contributed by atoms with Gasteiger partial charge in [0.1, 0.15) is 24.2 Å². The maximum atomic E-state index is 12.2. The average molecular weight is 355 g/mol. The van der Waals surface area contributed by atoms with Gasteiger partial charge in [0, 0.05) is 11.8 Å². The number of benzene rings is 1. The van der Waals surface area contributed by atoms with Gasteiger partial charge in [0.25, 0.3) is 0 Å². The predicted molar refractivity (Wildman–Crippen MR) is 96.6 cm³/mol. The molecular weight excluding hydrogens is 334 g/mol. The molecule has 2 N–H and O–H groups in total. The molecule has 26 heavy (non-hydrogen) atoms. The number of anilines is 2. The standard InChI is InChI=1S/C19H21N3O4/c1-13-9-18(22-26-13)21-19(23)14(2)20-16-6-3-5-15(10-16)11-24-12-17-7-4-8-25-17/h3-10,14,20H,11-12H2,1-2H3,(H,21,22,23)/t14-/m0/s1. The Morgan fingerprint density at radius 2 is 2.12 bits per heavy atom. The van der Waals surface area contributed by atoms with Crippen molar-refractivity contribution < 1.29 is 18.5 Å². The minimum absolute atomic E-state index is 0.197. The maximum absolute atomic E-state index is 12.2. The first-order valence-corrected chi connectivity index (χ1v) is 8.30. The number of carbonyl (C=O) groups excluding carboxylic acids is 1. The van der Waals surface area contributed by atoms with Crippen molar-refractivity contribution in [2.24, 2.45) is 0 Å². The lowest BCUT2D eigenvalue weighted by Crippen LogP contribution is -2.32. The SMILES string of the molecule is Cc1cc(NC(=O)[C@H](C)Nc2cccc(COCc3ccco3)c2)no1. The number of hydrogen-bond donors (Lipinski definition) is 2. The third-order valence-electron chi connectivity index (χ3n) is 3.68. The molecule has 0 unspecified atom stereocenters. The molecule has 0 aliphatic rings. The van der Waals surface area contributed by atoms with Crippen LogP contribution < -0.4 is 10.6 Å². The highest BCUT2D eigenvalue weighted by molar-refractivity contribution is 5.95. The molecule has 1 aromatic carbocycles. The number of hydrogen-bond acceptors (Lipinski definition) is 6. The van der Waals surface area contributed by atoms with Crippen molar-refractivity contribution >= 4 is 17.4 Å². The fourth-order valence-electron chi connectivity index (χ4n) is 2.39. The number of aromatic nitrogens is 1. The third kappa shape index (κ3) is 4.97. The van der Waals surface area contributed by atoms with Gasteiger partial charge in [0.2, 0.25) is 5.91 Å². The summed E-state index contributed by atoms with van der Waals surface area (Å²) in [7, 11) is 0. The van der Waals surface area contributed by atoms with Crippen molar-refractivity contribution in [1.29, 1.82) is 0 Å². The van der Waals surface area contributed by atoms with Gasteiger partial charge in [-0.25, -0.2) is 0 Å². The largest absolute Gasteiger partial charge is 0.467 e. The van der Waals surface area contributed by atoms with Gasteiger partial charge in [-0.05, 0) is 43.7 Å². The number of carbonyl (C=O) groups is 1. The topological polar surface area (TPSA) is 89.5 Å². The maximum Gasteiger partial charge on any atom is 0.247 e. The van der Waals surface area contributed by atoms with Crippen LogP contribution in [0.1, 0.15) is 24.0 Å². The molecule has 0 aliphatic heterocycles. The molecule has 2 heterocycles. The Kier molecular flexibility index (Phi) is 5.70. The van der Waals surface area contributed by atoms with E-state index in [1.807, 2.05) is 36.4 Å². The third-order valence-corrected chi connectivity index (χ3v) is 3.68. The first-order valence-electron chi connectivity index (χ1n) is 8.30. The van der Waals surface area contributed by atoms with Crippen molar-refractivity contribution in [2.75, 3.05) is 10.6 Å². The number of amides is 1. The second-order valence-electron chi connectivity index (χ2n) is 5.95. The number of nitrogens with one attached hydrogen (secondary N) is 2. The van der Waals surface area contributed by atoms with Crippen molar-refractivity contribution in [3.8, 4) is 0 Å². The molecule has 3 rings (SSSR count). The molecule has 136 valence electrons. The molecule has 2 aromatic heterocycles. The minimum atomic E-state index is -0.439. The lowest BCUT2D eigenvalue weighted by Gasteiger charge is -2.15. The zero-order valence-corrected chi connectivity index (χ0v) is 14.7. The average Bonchev–Trinajstić information content (AvgIpc) is 3.27. The summed E-state index contributed by atoms with van der Waals surface area (Å²) in [6.07, 6.45) is 1.62. The highest BCUT2D eigenvalue weighted by atomic mass is 16.5. The summed E-state index contributed by atoms with van der Waals surface area (Å²) in [5.41, 5.74) is 1.84. The van der Waals surface area contributed by atoms with Crippen LogP contribution in [0.2, 0.25) is 0 Å². The Morgan fingerprint density at radius 1 is 1.23 bits per heavy atom. The monoisotopic (exact) mass is 355 g/mol. The summed E-state index contributed by atoms with van der Waals surface area (Å²) < 4.78 is 15.8. The van der Waals surface area contributed by atoms with Crippen LogP contribution in [0, 0.1) is 6.92 Å². The zero-order valence-electron chi connectivity index (χ0n) is 14.7. The quantitative estimate of drug-likeness (QED) is 0.640. The first kappa shape index (κ1) is 17.8. The van der Waals surface area contributed by atoms with Gasteiger partial charge in [-0.15, -0.1) is 0 Å². The van der Waals surface area contributed by atoms with Crippen LogP contribution in [0.4, 0.5) is 11.5 Å². The van der Waals surface area contributed by atoms with Crippen molar-refractivity contribution in [3.63, 3.8) is 0 Å². The summed E-state index contributed by atoms with van der Waals surface area (Å²) in [5, 5.41) is 9.63. The molecule has 3 aromatic rings. The van der Waals surface area contributed by atoms with Gasteiger partial charge in [-0.3, -0.25) is 4.79 Å². The molecule has 1 amide bonds. The molecule has 0 saturated carbocycles. The Balaban J connectivity index is 1.51. The van der Waals surface area contributed by atoms with E-state index in [1.165, 1.54) is 0 Å². The highest BCUT2D eigenvalue weighted by Crippen LogP contribution is 2.15. The van der Waals surface area contributed by atoms with Crippen molar-refractivity contribution in [2.45, 2.75) is 33.1 Å². The van der Waals surface area contributed by atoms with E-state index in [9.17, 15) is 4.79 Å². The van der Waals surface area contributed by atoms with Crippen LogP contribution in [-0.4, -0.2) is 17.1 Å². The molecule has 0 spiro atoms. The number of nitrogens with zero attached hydrogens (tertiary/aromatic N) is 1. The van der Waals surface area contributed by atoms with Gasteiger partial charge in [-0.1, -0.05) is 17.3 Å². The Morgan fingerprint density at radius 3 is 2.85 bits per heavy atom. The number of rotatable bonds is 8. The van der Waals surface area contributed by atoms with E-state index in [-0.39, 0.29) is 5.91 Å². The lowest BCUT2D eigenvalue weighted by atomic mass is 10.2. The van der Waals surface area contributed by atoms with Gasteiger partial charge >= 0.3 is 0 Å². The van der Waals surface area contributed by atoms with E-state index in [0.29, 0.717) is 24.8 Å². The molecular formula is C19H21N3O4. The van der Waals surface area contributed by atoms with Crippen LogP contribution in [0.3, 0.4) is 0 Å². The van der Waals surface area contributed by atoms with Gasteiger partial charge in [0.05, 0.1) is 12.9 Å². The van der Waals surface area contributed by atoms with Crippen LogP contribution in [0.25, 0.3) is 0 Å². The summed E-state index contributed by atoms with van der Waals surface area (Å²) in [4.78, 5) is 12.2. The summed E-state index contributed by atoms with van der Waals surface area (Å²) in [6.45, 7) is 4.42. The zero-order chi connectivity index (χ0) is 18.4. The first-order chi connectivity index (χ1) is 12.6. The Bertz CT molecular complexity index is 842. The van der Waals surface area contributed by atoms with E-state index < -0.39 is 6.04 Å². The van der Waals surface area contributed by atoms with E-state index in [1.54, 1.807) is 26.2 Å². The van der Waals surface area contributed by atoms with Gasteiger partial charge in [-0.2, -0.15) is 0 Å². The van der Waals surface area contributed by atoms with E-state index in [0.717, 1.165) is 17.0 Å². The summed E-state index contributed by atoms with van der Waals surface area (Å²) in [6, 6.07) is 12.7. The molecule has 0 fully saturated rings. The molecule has 0 bridgehead atoms. The molecule has 0 aliphatic carbocycles. The molecule has 1 atom stereocenters. The minimum Gasteiger partial charge on any atom is -0.467 e. The second kappa shape index (κ2) is 8.35. The highest BCUT2D eigenvalue weighted by Gasteiger charge is 2.14. The second-order valence-corrected chi connectivity index (χ2v) is 5.95. The van der Waals surface area contributed by atoms with E-state index >= 15 is 0 Å². The van der Waals surface area contributed by atoms with Crippen LogP contribution in [0.5, 0.6) is 0 Å². The van der Waals surface area contributed by atoms with Crippen LogP contribution in [0.15, 0.2) is 57.7 Å². The molecule has 0 saturated heterocycles. The number of furan rings is 1. The van der Waals surface area contributed by atoms with Crippen molar-refractivity contribution in [1.82, 2.24) is 5.16 Å². The molecule has 7 nitrogen and oxygen atoms in total. The van der Waals surface area contributed by atoms with Crippen LogP contribution in [-0.2, 0) is 22.7 Å². The van der Waals surface area contributed by atoms with Crippen LogP contribution >= 0.6 is 0 Å². The number of aryl methyl sites for hydroxylation is 1. The summed E-state index contributed by atoms with van der Waals surface area (Å²) >= 11 is 0. The van der Waals surface area contributed by atoms with Gasteiger partial charge < -0.3 is 24.3 Å². The van der Waals surface area contributed by atoms with Gasteiger partial charge in [0.15, 0.2) is 5.82 Å². The molecule has 0 radical (unpaired) electrons. The normalized spacial score (nSPS) is 11.9. The molecule has 7 heteroatoms. The van der Waals surface area contributed by atoms with E-state index in [2.05, 4.69) is 15.8 Å².